The molecule has 5 rings (SSSR count). The Hall–Kier alpha value is -0.650. The summed E-state index contributed by atoms with van der Waals surface area (Å²) in [6.45, 7) is 2.02. The van der Waals surface area contributed by atoms with E-state index >= 15 is 0 Å². The molecular weight excluding hydrogens is 268 g/mol. The van der Waals surface area contributed by atoms with Gasteiger partial charge in [0.1, 0.15) is 5.84 Å². The first-order chi connectivity index (χ1) is 10.3. The van der Waals surface area contributed by atoms with Crippen LogP contribution in [0.3, 0.4) is 0 Å². The maximum atomic E-state index is 9.64. The molecule has 2 N–H and O–H groups in total. The van der Waals surface area contributed by atoms with Crippen LogP contribution in [0.15, 0.2) is 4.99 Å². The molecule has 5 heteroatoms. The molecular formula is C16H26N2O3. The van der Waals surface area contributed by atoms with E-state index in [9.17, 15) is 5.11 Å². The smallest absolute Gasteiger partial charge is 0.182 e. The Labute approximate surface area is 126 Å². The summed E-state index contributed by atoms with van der Waals surface area (Å²) in [5.74, 6) is 1.52. The average molecular weight is 294 g/mol. The van der Waals surface area contributed by atoms with E-state index in [0.29, 0.717) is 12.5 Å². The van der Waals surface area contributed by atoms with Crippen LogP contribution in [0.25, 0.3) is 0 Å². The first-order valence-corrected chi connectivity index (χ1v) is 8.43. The van der Waals surface area contributed by atoms with Crippen molar-refractivity contribution in [1.29, 1.82) is 0 Å². The van der Waals surface area contributed by atoms with Crippen LogP contribution in [0.2, 0.25) is 0 Å². The topological polar surface area (TPSA) is 63.1 Å². The van der Waals surface area contributed by atoms with Gasteiger partial charge in [0.25, 0.3) is 0 Å². The number of aliphatic hydroxyl groups is 1. The number of ether oxygens (including phenoxy) is 1. The molecule has 21 heavy (non-hydrogen) atoms. The molecule has 0 aromatic heterocycles. The lowest BCUT2D eigenvalue weighted by Crippen LogP contribution is -2.49. The number of hydrogen-bond acceptors (Lipinski definition) is 5. The predicted octanol–water partition coefficient (Wildman–Crippen LogP) is 2.01. The highest BCUT2D eigenvalue weighted by molar-refractivity contribution is 5.84. The van der Waals surface area contributed by atoms with Gasteiger partial charge in [0, 0.05) is 31.2 Å². The summed E-state index contributed by atoms with van der Waals surface area (Å²) in [4.78, 5) is 10.8. The standard InChI is InChI=1S/C16H26N2O3/c19-11-15-3-6-16(7-4-15,8-5-15)14-17-13(18-21-14)12-1-9-20-10-2-12/h12,14,19H,1-11H2,(H,17,18). The lowest BCUT2D eigenvalue weighted by Gasteiger charge is -2.53. The van der Waals surface area contributed by atoms with Gasteiger partial charge in [-0.25, -0.2) is 9.83 Å². The number of nitrogens with zero attached hydrogens (tertiary/aromatic N) is 1. The van der Waals surface area contributed by atoms with E-state index in [1.165, 1.54) is 0 Å². The van der Waals surface area contributed by atoms with Crippen molar-refractivity contribution in [2.24, 2.45) is 21.7 Å². The fourth-order valence-electron chi connectivity index (χ4n) is 4.62. The summed E-state index contributed by atoms with van der Waals surface area (Å²) in [5, 5.41) is 9.64. The molecule has 2 bridgehead atoms. The minimum absolute atomic E-state index is 0.0210. The fourth-order valence-corrected chi connectivity index (χ4v) is 4.62. The molecule has 0 aromatic carbocycles. The lowest BCUT2D eigenvalue weighted by molar-refractivity contribution is -0.128. The first-order valence-electron chi connectivity index (χ1n) is 8.43. The average Bonchev–Trinajstić information content (AvgIpc) is 3.08. The molecule has 0 spiro atoms. The van der Waals surface area contributed by atoms with Crippen molar-refractivity contribution in [3.8, 4) is 0 Å². The summed E-state index contributed by atoms with van der Waals surface area (Å²) in [7, 11) is 0. The van der Waals surface area contributed by atoms with E-state index < -0.39 is 0 Å². The summed E-state index contributed by atoms with van der Waals surface area (Å²) in [6, 6.07) is 0. The molecule has 1 unspecified atom stereocenters. The molecule has 5 aliphatic rings. The minimum atomic E-state index is -0.0210. The molecule has 1 atom stereocenters. The van der Waals surface area contributed by atoms with Gasteiger partial charge in [0.2, 0.25) is 0 Å². The van der Waals surface area contributed by atoms with Crippen molar-refractivity contribution in [2.45, 2.75) is 57.6 Å². The molecule has 3 saturated carbocycles. The molecule has 2 aliphatic heterocycles. The molecule has 118 valence electrons. The second-order valence-electron chi connectivity index (χ2n) is 7.49. The Morgan fingerprint density at radius 3 is 2.38 bits per heavy atom. The quantitative estimate of drug-likeness (QED) is 0.836. The van der Waals surface area contributed by atoms with Crippen LogP contribution < -0.4 is 5.48 Å². The van der Waals surface area contributed by atoms with Gasteiger partial charge in [-0.1, -0.05) is 0 Å². The molecule has 1 saturated heterocycles. The highest BCUT2D eigenvalue weighted by atomic mass is 16.7. The Balaban J connectivity index is 1.47. The van der Waals surface area contributed by atoms with Crippen LogP contribution in [0.1, 0.15) is 51.4 Å². The van der Waals surface area contributed by atoms with Crippen LogP contribution in [0.5, 0.6) is 0 Å². The third kappa shape index (κ3) is 2.30. The first kappa shape index (κ1) is 14.0. The van der Waals surface area contributed by atoms with E-state index in [0.717, 1.165) is 70.4 Å². The summed E-state index contributed by atoms with van der Waals surface area (Å²) < 4.78 is 5.43. The molecule has 0 aromatic rings. The van der Waals surface area contributed by atoms with Gasteiger partial charge >= 0.3 is 0 Å². The number of rotatable bonds is 3. The van der Waals surface area contributed by atoms with Gasteiger partial charge in [-0.15, -0.1) is 0 Å². The number of fused-ring (bicyclic) bond motifs is 3. The van der Waals surface area contributed by atoms with E-state index in [-0.39, 0.29) is 17.1 Å². The highest BCUT2D eigenvalue weighted by Crippen LogP contribution is 2.59. The third-order valence-corrected chi connectivity index (χ3v) is 6.46. The molecule has 3 aliphatic carbocycles. The van der Waals surface area contributed by atoms with Crippen molar-refractivity contribution in [3.63, 3.8) is 0 Å². The van der Waals surface area contributed by atoms with Gasteiger partial charge in [-0.05, 0) is 56.8 Å². The van der Waals surface area contributed by atoms with Gasteiger partial charge in [-0.2, -0.15) is 0 Å². The van der Waals surface area contributed by atoms with E-state index in [4.69, 9.17) is 14.6 Å². The van der Waals surface area contributed by atoms with Gasteiger partial charge in [0.15, 0.2) is 6.23 Å². The SMILES string of the molecule is OCC12CCC(C3N=C(C4CCOCC4)NO3)(CC1)CC2. The number of aliphatic imine (C=N–C) groups is 1. The summed E-state index contributed by atoms with van der Waals surface area (Å²) in [5.41, 5.74) is 3.53. The summed E-state index contributed by atoms with van der Waals surface area (Å²) >= 11 is 0. The molecule has 0 radical (unpaired) electrons. The Kier molecular flexibility index (Phi) is 3.47. The van der Waals surface area contributed by atoms with Crippen molar-refractivity contribution >= 4 is 5.84 Å². The van der Waals surface area contributed by atoms with Crippen molar-refractivity contribution in [2.75, 3.05) is 19.8 Å². The van der Waals surface area contributed by atoms with Gasteiger partial charge in [-0.3, -0.25) is 5.48 Å². The summed E-state index contributed by atoms with van der Waals surface area (Å²) in [6.07, 6.45) is 8.89. The lowest BCUT2D eigenvalue weighted by atomic mass is 9.53. The van der Waals surface area contributed by atoms with Crippen LogP contribution in [-0.2, 0) is 9.57 Å². The Morgan fingerprint density at radius 1 is 1.10 bits per heavy atom. The number of hydrogen-bond donors (Lipinski definition) is 2. The van der Waals surface area contributed by atoms with E-state index in [1.54, 1.807) is 0 Å². The second kappa shape index (κ2) is 5.21. The molecule has 0 amide bonds. The Bertz CT molecular complexity index is 407. The van der Waals surface area contributed by atoms with E-state index in [1.807, 2.05) is 0 Å². The molecule has 2 heterocycles. The zero-order chi connectivity index (χ0) is 14.3. The maximum absolute atomic E-state index is 9.64. The van der Waals surface area contributed by atoms with Crippen LogP contribution in [0.4, 0.5) is 0 Å². The van der Waals surface area contributed by atoms with E-state index in [2.05, 4.69) is 5.48 Å². The maximum Gasteiger partial charge on any atom is 0.182 e. The predicted molar refractivity (Wildman–Crippen MR) is 78.6 cm³/mol. The largest absolute Gasteiger partial charge is 0.396 e. The molecule has 4 fully saturated rings. The normalized spacial score (nSPS) is 43.7. The minimum Gasteiger partial charge on any atom is -0.396 e. The fraction of sp³-hybridized carbons (Fsp3) is 0.938. The highest BCUT2D eigenvalue weighted by Gasteiger charge is 2.53. The second-order valence-corrected chi connectivity index (χ2v) is 7.49. The van der Waals surface area contributed by atoms with Crippen LogP contribution in [0, 0.1) is 16.7 Å². The van der Waals surface area contributed by atoms with Crippen molar-refractivity contribution < 1.29 is 14.7 Å². The van der Waals surface area contributed by atoms with Gasteiger partial charge < -0.3 is 9.84 Å². The number of hydroxylamine groups is 1. The Morgan fingerprint density at radius 2 is 1.76 bits per heavy atom. The van der Waals surface area contributed by atoms with Crippen molar-refractivity contribution in [3.05, 3.63) is 0 Å². The third-order valence-electron chi connectivity index (χ3n) is 6.46. The van der Waals surface area contributed by atoms with Gasteiger partial charge in [0.05, 0.1) is 0 Å². The number of aliphatic hydroxyl groups excluding tert-OH is 1. The van der Waals surface area contributed by atoms with Crippen LogP contribution in [-0.4, -0.2) is 37.0 Å². The zero-order valence-corrected chi connectivity index (χ0v) is 12.6. The number of nitrogens with one attached hydrogen (secondary N) is 1. The van der Waals surface area contributed by atoms with Crippen LogP contribution >= 0.6 is 0 Å². The monoisotopic (exact) mass is 294 g/mol. The number of amidine groups is 1. The zero-order valence-electron chi connectivity index (χ0n) is 12.6. The van der Waals surface area contributed by atoms with Crippen molar-refractivity contribution in [1.82, 2.24) is 5.48 Å². The molecule has 5 nitrogen and oxygen atoms in total.